The molecular weight excluding hydrogens is 418 g/mol. The van der Waals surface area contributed by atoms with Crippen LogP contribution in [0.4, 0.5) is 5.13 Å². The second-order valence-corrected chi connectivity index (χ2v) is 7.42. The van der Waals surface area contributed by atoms with Crippen molar-refractivity contribution in [2.75, 3.05) is 12.4 Å². The van der Waals surface area contributed by atoms with Gasteiger partial charge in [0.05, 0.1) is 18.4 Å². The molecule has 2 aromatic carbocycles. The Morgan fingerprint density at radius 1 is 1.23 bits per heavy atom. The highest BCUT2D eigenvalue weighted by atomic mass is 32.1. The van der Waals surface area contributed by atoms with E-state index in [2.05, 4.69) is 15.3 Å². The lowest BCUT2D eigenvalue weighted by Gasteiger charge is -2.15. The van der Waals surface area contributed by atoms with Crippen molar-refractivity contribution in [1.29, 1.82) is 0 Å². The lowest BCUT2D eigenvalue weighted by Crippen LogP contribution is -2.32. The third-order valence-electron chi connectivity index (χ3n) is 4.60. The number of hydrogen-bond acceptors (Lipinski definition) is 8. The maximum absolute atomic E-state index is 12.7. The van der Waals surface area contributed by atoms with Crippen molar-refractivity contribution < 1.29 is 23.5 Å². The minimum Gasteiger partial charge on any atom is -0.496 e. The van der Waals surface area contributed by atoms with Gasteiger partial charge in [-0.25, -0.2) is 14.8 Å². The van der Waals surface area contributed by atoms with Gasteiger partial charge in [-0.3, -0.25) is 10.1 Å². The molecule has 158 valence electrons. The average Bonchev–Trinajstić information content (AvgIpc) is 3.46. The molecule has 0 aliphatic heterocycles. The van der Waals surface area contributed by atoms with Crippen LogP contribution < -0.4 is 10.1 Å². The number of para-hydroxylation sites is 1. The largest absolute Gasteiger partial charge is 0.496 e. The molecule has 0 saturated carbocycles. The minimum atomic E-state index is -0.962. The molecular formula is C22H19N3O5S. The number of anilines is 1. The molecule has 0 radical (unpaired) electrons. The highest BCUT2D eigenvalue weighted by Crippen LogP contribution is 2.32. The average molecular weight is 437 g/mol. The molecule has 4 rings (SSSR count). The molecule has 0 aliphatic rings. The molecule has 1 atom stereocenters. The van der Waals surface area contributed by atoms with Gasteiger partial charge in [0.15, 0.2) is 23.2 Å². The molecule has 2 aromatic heterocycles. The second kappa shape index (κ2) is 8.97. The Bertz CT molecular complexity index is 1230. The molecule has 0 aliphatic carbocycles. The normalized spacial score (nSPS) is 11.8. The summed E-state index contributed by atoms with van der Waals surface area (Å²) in [6, 6.07) is 12.3. The molecule has 0 fully saturated rings. The molecule has 8 nitrogen and oxygen atoms in total. The number of ether oxygens (including phenoxy) is 2. The van der Waals surface area contributed by atoms with Crippen molar-refractivity contribution in [2.24, 2.45) is 0 Å². The summed E-state index contributed by atoms with van der Waals surface area (Å²) in [4.78, 5) is 33.6. The number of fused-ring (bicyclic) bond motifs is 1. The number of carbonyl (C=O) groups excluding carboxylic acids is 2. The van der Waals surface area contributed by atoms with E-state index in [1.165, 1.54) is 23.8 Å². The molecule has 0 spiro atoms. The number of carbonyl (C=O) groups is 2. The highest BCUT2D eigenvalue weighted by Gasteiger charge is 2.23. The van der Waals surface area contributed by atoms with Crippen LogP contribution >= 0.6 is 11.3 Å². The molecule has 4 aromatic rings. The number of benzene rings is 2. The molecule has 9 heteroatoms. The summed E-state index contributed by atoms with van der Waals surface area (Å²) in [7, 11) is 1.59. The number of aromatic nitrogens is 2. The fourth-order valence-electron chi connectivity index (χ4n) is 3.00. The lowest BCUT2D eigenvalue weighted by molar-refractivity contribution is -0.124. The van der Waals surface area contributed by atoms with E-state index >= 15 is 0 Å². The number of esters is 1. The van der Waals surface area contributed by atoms with Gasteiger partial charge in [0, 0.05) is 10.9 Å². The van der Waals surface area contributed by atoms with Gasteiger partial charge in [-0.2, -0.15) is 0 Å². The lowest BCUT2D eigenvalue weighted by atomic mass is 10.1. The van der Waals surface area contributed by atoms with Gasteiger partial charge in [-0.15, -0.1) is 11.3 Å². The Hall–Kier alpha value is -3.72. The number of oxazole rings is 1. The number of nitrogens with one attached hydrogen (secondary N) is 1. The van der Waals surface area contributed by atoms with Crippen LogP contribution in [0.1, 0.15) is 23.7 Å². The van der Waals surface area contributed by atoms with Gasteiger partial charge < -0.3 is 13.9 Å². The first-order valence-corrected chi connectivity index (χ1v) is 10.4. The zero-order chi connectivity index (χ0) is 21.8. The molecule has 0 bridgehead atoms. The minimum absolute atomic E-state index is 0.281. The van der Waals surface area contributed by atoms with Crippen molar-refractivity contribution in [3.05, 3.63) is 59.8 Å². The van der Waals surface area contributed by atoms with Crippen LogP contribution in [0.15, 0.2) is 58.7 Å². The van der Waals surface area contributed by atoms with Crippen LogP contribution in [-0.2, 0) is 9.53 Å². The smallest absolute Gasteiger partial charge is 0.339 e. The Morgan fingerprint density at radius 2 is 2.06 bits per heavy atom. The predicted molar refractivity (Wildman–Crippen MR) is 116 cm³/mol. The van der Waals surface area contributed by atoms with Crippen LogP contribution in [0, 0.1) is 0 Å². The summed E-state index contributed by atoms with van der Waals surface area (Å²) in [6.45, 7) is 1.76. The maximum Gasteiger partial charge on any atom is 0.339 e. The monoisotopic (exact) mass is 437 g/mol. The molecule has 31 heavy (non-hydrogen) atoms. The topological polar surface area (TPSA) is 104 Å². The summed E-state index contributed by atoms with van der Waals surface area (Å²) >= 11 is 1.28. The number of nitrogens with zero attached hydrogens (tertiary/aromatic N) is 2. The van der Waals surface area contributed by atoms with Crippen LogP contribution in [0.5, 0.6) is 5.75 Å². The standard InChI is InChI=1S/C22H19N3O5S/c1-3-17(30-21(27)13-8-9-15-19(10-13)29-12-23-15)20(26)25-22-24-16(11-31-22)14-6-4-5-7-18(14)28-2/h4-12,17H,3H2,1-2H3,(H,24,25,26). The molecule has 2 heterocycles. The quantitative estimate of drug-likeness (QED) is 0.424. The molecule has 1 N–H and O–H groups in total. The molecule has 1 amide bonds. The Labute approximate surface area is 181 Å². The van der Waals surface area contributed by atoms with Crippen LogP contribution in [0.2, 0.25) is 0 Å². The Balaban J connectivity index is 1.44. The first kappa shape index (κ1) is 20.5. The third kappa shape index (κ3) is 4.41. The molecule has 0 saturated heterocycles. The van der Waals surface area contributed by atoms with Gasteiger partial charge >= 0.3 is 5.97 Å². The van der Waals surface area contributed by atoms with Crippen LogP contribution in [0.25, 0.3) is 22.4 Å². The van der Waals surface area contributed by atoms with E-state index in [1.807, 2.05) is 29.6 Å². The number of amides is 1. The van der Waals surface area contributed by atoms with Gasteiger partial charge in [0.2, 0.25) is 0 Å². The van der Waals surface area contributed by atoms with E-state index in [0.717, 1.165) is 5.56 Å². The third-order valence-corrected chi connectivity index (χ3v) is 5.35. The Kier molecular flexibility index (Phi) is 5.94. The fraction of sp³-hybridized carbons (Fsp3) is 0.182. The zero-order valence-electron chi connectivity index (χ0n) is 16.8. The summed E-state index contributed by atoms with van der Waals surface area (Å²) in [5.41, 5.74) is 2.89. The van der Waals surface area contributed by atoms with Crippen molar-refractivity contribution in [2.45, 2.75) is 19.4 Å². The first-order chi connectivity index (χ1) is 15.1. The van der Waals surface area contributed by atoms with E-state index in [4.69, 9.17) is 13.9 Å². The van der Waals surface area contributed by atoms with Crippen molar-refractivity contribution in [3.63, 3.8) is 0 Å². The number of rotatable bonds is 7. The summed E-state index contributed by atoms with van der Waals surface area (Å²) in [5, 5.41) is 4.96. The van der Waals surface area contributed by atoms with Crippen LogP contribution in [-0.4, -0.2) is 35.1 Å². The van der Waals surface area contributed by atoms with E-state index in [1.54, 1.807) is 26.2 Å². The first-order valence-electron chi connectivity index (χ1n) is 9.53. The van der Waals surface area contributed by atoms with Gasteiger partial charge in [-0.1, -0.05) is 19.1 Å². The van der Waals surface area contributed by atoms with Crippen molar-refractivity contribution in [1.82, 2.24) is 9.97 Å². The van der Waals surface area contributed by atoms with Gasteiger partial charge in [0.25, 0.3) is 5.91 Å². The summed E-state index contributed by atoms with van der Waals surface area (Å²) < 4.78 is 16.0. The highest BCUT2D eigenvalue weighted by molar-refractivity contribution is 7.14. The van der Waals surface area contributed by atoms with E-state index in [0.29, 0.717) is 34.1 Å². The van der Waals surface area contributed by atoms with E-state index in [-0.39, 0.29) is 5.56 Å². The van der Waals surface area contributed by atoms with Crippen molar-refractivity contribution in [3.8, 4) is 17.0 Å². The van der Waals surface area contributed by atoms with Crippen molar-refractivity contribution >= 4 is 39.4 Å². The van der Waals surface area contributed by atoms with E-state index in [9.17, 15) is 9.59 Å². The fourth-order valence-corrected chi connectivity index (χ4v) is 3.71. The summed E-state index contributed by atoms with van der Waals surface area (Å²) in [5.74, 6) is -0.374. The molecule has 1 unspecified atom stereocenters. The van der Waals surface area contributed by atoms with Crippen LogP contribution in [0.3, 0.4) is 0 Å². The number of hydrogen-bond donors (Lipinski definition) is 1. The maximum atomic E-state index is 12.7. The van der Waals surface area contributed by atoms with Gasteiger partial charge in [0.1, 0.15) is 11.3 Å². The van der Waals surface area contributed by atoms with E-state index < -0.39 is 18.0 Å². The SMILES string of the molecule is CCC(OC(=O)c1ccc2ncoc2c1)C(=O)Nc1nc(-c2ccccc2OC)cs1. The summed E-state index contributed by atoms with van der Waals surface area (Å²) in [6.07, 6.45) is 0.652. The Morgan fingerprint density at radius 3 is 2.87 bits per heavy atom. The second-order valence-electron chi connectivity index (χ2n) is 6.56. The number of methoxy groups -OCH3 is 1. The zero-order valence-corrected chi connectivity index (χ0v) is 17.6. The predicted octanol–water partition coefficient (Wildman–Crippen LogP) is 4.53. The number of thiazole rings is 1. The van der Waals surface area contributed by atoms with Gasteiger partial charge in [-0.05, 0) is 36.8 Å².